The van der Waals surface area contributed by atoms with Gasteiger partial charge in [-0.25, -0.2) is 4.79 Å². The van der Waals surface area contributed by atoms with Gasteiger partial charge in [-0.15, -0.1) is 0 Å². The lowest BCUT2D eigenvalue weighted by Gasteiger charge is -2.37. The van der Waals surface area contributed by atoms with Crippen molar-refractivity contribution in [2.24, 2.45) is 0 Å². The Labute approximate surface area is 207 Å². The zero-order valence-corrected chi connectivity index (χ0v) is 21.4. The average Bonchev–Trinajstić information content (AvgIpc) is 2.83. The van der Waals surface area contributed by atoms with E-state index in [1.807, 2.05) is 56.0 Å². The molecule has 9 heteroatoms. The highest BCUT2D eigenvalue weighted by Gasteiger charge is 2.33. The number of amides is 3. The van der Waals surface area contributed by atoms with Crippen LogP contribution in [0.1, 0.15) is 52.0 Å². The summed E-state index contributed by atoms with van der Waals surface area (Å²) in [6.07, 6.45) is 2.99. The molecule has 0 aliphatic carbocycles. The van der Waals surface area contributed by atoms with E-state index >= 15 is 0 Å². The maximum absolute atomic E-state index is 13.4. The van der Waals surface area contributed by atoms with E-state index in [9.17, 15) is 14.4 Å². The maximum atomic E-state index is 13.4. The second kappa shape index (κ2) is 12.4. The molecule has 2 aliphatic rings. The molecule has 8 nitrogen and oxygen atoms in total. The molecule has 1 aromatic rings. The van der Waals surface area contributed by atoms with E-state index in [1.165, 1.54) is 11.9 Å². The summed E-state index contributed by atoms with van der Waals surface area (Å²) in [6.45, 7) is 8.76. The van der Waals surface area contributed by atoms with Crippen LogP contribution >= 0.6 is 11.9 Å². The molecule has 3 rings (SSSR count). The van der Waals surface area contributed by atoms with E-state index in [1.54, 1.807) is 9.80 Å². The lowest BCUT2D eigenvalue weighted by molar-refractivity contribution is -0.140. The third-order valence-corrected chi connectivity index (χ3v) is 6.86. The first kappa shape index (κ1) is 26.3. The van der Waals surface area contributed by atoms with Gasteiger partial charge in [-0.1, -0.05) is 42.3 Å². The Kier molecular flexibility index (Phi) is 9.64. The van der Waals surface area contributed by atoms with Crippen LogP contribution in [0.4, 0.5) is 4.79 Å². The van der Waals surface area contributed by atoms with E-state index in [-0.39, 0.29) is 24.3 Å². The number of likely N-dealkylation sites (tertiary alicyclic amines) is 1. The van der Waals surface area contributed by atoms with Crippen LogP contribution in [0.15, 0.2) is 30.3 Å². The predicted octanol–water partition coefficient (Wildman–Crippen LogP) is 3.27. The zero-order chi connectivity index (χ0) is 24.6. The number of hydrogen-bond donors (Lipinski definition) is 1. The van der Waals surface area contributed by atoms with Gasteiger partial charge in [0.05, 0.1) is 6.42 Å². The summed E-state index contributed by atoms with van der Waals surface area (Å²) in [5.74, 6) is 0.641. The molecular weight excluding hydrogens is 452 g/mol. The minimum absolute atomic E-state index is 0.0262. The summed E-state index contributed by atoms with van der Waals surface area (Å²) in [6, 6.07) is 9.43. The number of ether oxygens (including phenoxy) is 1. The number of nitrogens with one attached hydrogen (secondary N) is 1. The Morgan fingerprint density at radius 3 is 2.15 bits per heavy atom. The largest absolute Gasteiger partial charge is 0.444 e. The second-order valence-corrected chi connectivity index (χ2v) is 10.7. The van der Waals surface area contributed by atoms with Crippen molar-refractivity contribution in [3.8, 4) is 0 Å². The number of carbonyl (C=O) groups is 3. The standard InChI is InChI=1S/C25H38N4O4S/c1-25(2,3)33-24(32)29-16-14-28(15-17-29)23(31)21(18-22(30)27-12-8-5-9-13-27)26-34-19-20-10-6-4-7-11-20/h4,6-7,10-11,21,26H,5,8-9,12-19H2,1-3H3. The lowest BCUT2D eigenvalue weighted by Crippen LogP contribution is -2.55. The molecule has 1 aromatic carbocycles. The van der Waals surface area contributed by atoms with E-state index in [0.29, 0.717) is 31.9 Å². The molecule has 2 aliphatic heterocycles. The van der Waals surface area contributed by atoms with Crippen molar-refractivity contribution in [1.82, 2.24) is 19.4 Å². The van der Waals surface area contributed by atoms with E-state index in [2.05, 4.69) is 4.72 Å². The minimum atomic E-state index is -0.601. The van der Waals surface area contributed by atoms with Crippen molar-refractivity contribution in [3.05, 3.63) is 35.9 Å². The van der Waals surface area contributed by atoms with Crippen LogP contribution in [0.2, 0.25) is 0 Å². The van der Waals surface area contributed by atoms with Gasteiger partial charge in [0.1, 0.15) is 11.6 Å². The Balaban J connectivity index is 1.57. The van der Waals surface area contributed by atoms with E-state index in [4.69, 9.17) is 4.74 Å². The number of piperidine rings is 1. The number of rotatable bonds is 7. The van der Waals surface area contributed by atoms with Gasteiger partial charge in [-0.2, -0.15) is 0 Å². The topological polar surface area (TPSA) is 82.2 Å². The van der Waals surface area contributed by atoms with Crippen LogP contribution < -0.4 is 4.72 Å². The summed E-state index contributed by atoms with van der Waals surface area (Å²) >= 11 is 1.45. The van der Waals surface area contributed by atoms with Gasteiger partial charge < -0.3 is 19.4 Å². The smallest absolute Gasteiger partial charge is 0.410 e. The maximum Gasteiger partial charge on any atom is 0.410 e. The highest BCUT2D eigenvalue weighted by molar-refractivity contribution is 7.96. The molecule has 3 amide bonds. The van der Waals surface area contributed by atoms with Gasteiger partial charge in [0.15, 0.2) is 0 Å². The lowest BCUT2D eigenvalue weighted by atomic mass is 10.1. The van der Waals surface area contributed by atoms with Gasteiger partial charge >= 0.3 is 6.09 Å². The number of nitrogens with zero attached hydrogens (tertiary/aromatic N) is 3. The molecule has 2 saturated heterocycles. The molecule has 0 saturated carbocycles. The fourth-order valence-corrected chi connectivity index (χ4v) is 4.91. The molecular formula is C25H38N4O4S. The Morgan fingerprint density at radius 1 is 0.912 bits per heavy atom. The number of hydrogen-bond acceptors (Lipinski definition) is 6. The Hall–Kier alpha value is -2.26. The van der Waals surface area contributed by atoms with Gasteiger partial charge in [0.2, 0.25) is 11.8 Å². The number of carbonyl (C=O) groups excluding carboxylic acids is 3. The first-order valence-electron chi connectivity index (χ1n) is 12.2. The van der Waals surface area contributed by atoms with E-state index in [0.717, 1.165) is 37.9 Å². The van der Waals surface area contributed by atoms with Crippen LogP contribution in [0, 0.1) is 0 Å². The summed E-state index contributed by atoms with van der Waals surface area (Å²) < 4.78 is 8.73. The number of piperazine rings is 1. The molecule has 0 radical (unpaired) electrons. The minimum Gasteiger partial charge on any atom is -0.444 e. The van der Waals surface area contributed by atoms with Crippen molar-refractivity contribution >= 4 is 29.9 Å². The first-order chi connectivity index (χ1) is 16.2. The van der Waals surface area contributed by atoms with Crippen molar-refractivity contribution in [2.45, 2.75) is 63.9 Å². The highest BCUT2D eigenvalue weighted by atomic mass is 32.2. The molecule has 1 unspecified atom stereocenters. The third kappa shape index (κ3) is 8.20. The first-order valence-corrected chi connectivity index (χ1v) is 13.2. The summed E-state index contributed by atoms with van der Waals surface area (Å²) in [7, 11) is 0. The SMILES string of the molecule is CC(C)(C)OC(=O)N1CCN(C(=O)C(CC(=O)N2CCCCC2)NSCc2ccccc2)CC1. The van der Waals surface area contributed by atoms with Crippen molar-refractivity contribution < 1.29 is 19.1 Å². The fourth-order valence-electron chi connectivity index (χ4n) is 4.08. The third-order valence-electron chi connectivity index (χ3n) is 5.94. The summed E-state index contributed by atoms with van der Waals surface area (Å²) in [5, 5.41) is 0. The van der Waals surface area contributed by atoms with Gasteiger partial charge in [-0.05, 0) is 45.6 Å². The van der Waals surface area contributed by atoms with Crippen LogP contribution in [0.5, 0.6) is 0 Å². The van der Waals surface area contributed by atoms with Crippen LogP contribution in [0.25, 0.3) is 0 Å². The highest BCUT2D eigenvalue weighted by Crippen LogP contribution is 2.17. The Morgan fingerprint density at radius 2 is 1.53 bits per heavy atom. The molecule has 2 fully saturated rings. The zero-order valence-electron chi connectivity index (χ0n) is 20.6. The van der Waals surface area contributed by atoms with Gasteiger partial charge in [0.25, 0.3) is 0 Å². The Bertz CT molecular complexity index is 816. The van der Waals surface area contributed by atoms with Crippen LogP contribution in [0.3, 0.4) is 0 Å². The van der Waals surface area contributed by atoms with Crippen molar-refractivity contribution in [3.63, 3.8) is 0 Å². The normalized spacial score (nSPS) is 17.9. The summed E-state index contributed by atoms with van der Waals surface area (Å²) in [5.41, 5.74) is 0.601. The molecule has 1 N–H and O–H groups in total. The van der Waals surface area contributed by atoms with E-state index < -0.39 is 11.6 Å². The molecule has 1 atom stereocenters. The van der Waals surface area contributed by atoms with Crippen LogP contribution in [-0.2, 0) is 20.1 Å². The molecule has 188 valence electrons. The van der Waals surface area contributed by atoms with Gasteiger partial charge in [0, 0.05) is 45.0 Å². The van der Waals surface area contributed by atoms with Gasteiger partial charge in [-0.3, -0.25) is 14.3 Å². The van der Waals surface area contributed by atoms with Crippen LogP contribution in [-0.4, -0.2) is 83.5 Å². The summed E-state index contributed by atoms with van der Waals surface area (Å²) in [4.78, 5) is 44.0. The second-order valence-electron chi connectivity index (χ2n) is 9.88. The molecule has 34 heavy (non-hydrogen) atoms. The molecule has 0 spiro atoms. The van der Waals surface area contributed by atoms with Crippen molar-refractivity contribution in [2.75, 3.05) is 39.3 Å². The number of benzene rings is 1. The molecule has 0 aromatic heterocycles. The van der Waals surface area contributed by atoms with Crippen molar-refractivity contribution in [1.29, 1.82) is 0 Å². The molecule has 0 bridgehead atoms. The average molecular weight is 491 g/mol. The molecule has 2 heterocycles. The predicted molar refractivity (Wildman–Crippen MR) is 134 cm³/mol. The quantitative estimate of drug-likeness (QED) is 0.591. The monoisotopic (exact) mass is 490 g/mol. The fraction of sp³-hybridized carbons (Fsp3) is 0.640.